The van der Waals surface area contributed by atoms with Crippen LogP contribution in [-0.2, 0) is 22.5 Å². The number of thioether (sulfide) groups is 1. The molecule has 0 radical (unpaired) electrons. The van der Waals surface area contributed by atoms with Crippen molar-refractivity contribution in [3.05, 3.63) is 29.3 Å². The van der Waals surface area contributed by atoms with Crippen LogP contribution in [0.15, 0.2) is 23.4 Å². The number of Topliss-reactive ketones (excluding diaryl/α,β-unsaturated/α-hetero) is 1. The molecule has 0 spiro atoms. The van der Waals surface area contributed by atoms with E-state index >= 15 is 0 Å². The number of nitrogens with one attached hydrogen (secondary N) is 1. The Labute approximate surface area is 154 Å². The number of ketones is 1. The van der Waals surface area contributed by atoms with Gasteiger partial charge in [-0.05, 0) is 53.5 Å². The van der Waals surface area contributed by atoms with E-state index in [-0.39, 0.29) is 23.5 Å². The number of rotatable bonds is 6. The predicted octanol–water partition coefficient (Wildman–Crippen LogP) is 1.71. The van der Waals surface area contributed by atoms with Gasteiger partial charge in [0.1, 0.15) is 0 Å². The lowest BCUT2D eigenvalue weighted by molar-refractivity contribution is -0.116. The molecule has 0 saturated carbocycles. The van der Waals surface area contributed by atoms with E-state index in [2.05, 4.69) is 20.8 Å². The zero-order valence-electron chi connectivity index (χ0n) is 14.2. The molecule has 1 aromatic heterocycles. The van der Waals surface area contributed by atoms with Crippen LogP contribution in [-0.4, -0.2) is 50.4 Å². The lowest BCUT2D eigenvalue weighted by Crippen LogP contribution is -2.19. The van der Waals surface area contributed by atoms with E-state index in [0.29, 0.717) is 30.1 Å². The van der Waals surface area contributed by atoms with Crippen LogP contribution in [0.3, 0.4) is 0 Å². The van der Waals surface area contributed by atoms with Crippen LogP contribution in [0.5, 0.6) is 0 Å². The first-order valence-electron chi connectivity index (χ1n) is 8.65. The largest absolute Gasteiger partial charge is 0.376 e. The van der Waals surface area contributed by atoms with Crippen molar-refractivity contribution in [3.8, 4) is 0 Å². The minimum Gasteiger partial charge on any atom is -0.376 e. The number of benzene rings is 1. The summed E-state index contributed by atoms with van der Waals surface area (Å²) in [4.78, 5) is 24.0. The van der Waals surface area contributed by atoms with E-state index in [9.17, 15) is 9.59 Å². The third kappa shape index (κ3) is 3.78. The molecule has 2 aliphatic rings. The van der Waals surface area contributed by atoms with Crippen molar-refractivity contribution in [3.63, 3.8) is 0 Å². The lowest BCUT2D eigenvalue weighted by Gasteiger charge is -2.17. The fourth-order valence-electron chi connectivity index (χ4n) is 3.17. The van der Waals surface area contributed by atoms with Gasteiger partial charge in [0.25, 0.3) is 0 Å². The van der Waals surface area contributed by atoms with Crippen LogP contribution < -0.4 is 5.32 Å². The zero-order chi connectivity index (χ0) is 17.9. The molecular formula is C17H19N5O3S. The summed E-state index contributed by atoms with van der Waals surface area (Å²) in [6.07, 6.45) is 3.33. The Morgan fingerprint density at radius 2 is 2.31 bits per heavy atom. The molecule has 2 aliphatic heterocycles. The number of fused-ring (bicyclic) bond motifs is 1. The van der Waals surface area contributed by atoms with Crippen LogP contribution in [0.1, 0.15) is 35.2 Å². The van der Waals surface area contributed by atoms with Gasteiger partial charge in [-0.2, -0.15) is 0 Å². The smallest absolute Gasteiger partial charge is 0.224 e. The zero-order valence-corrected chi connectivity index (χ0v) is 15.0. The molecule has 1 amide bonds. The summed E-state index contributed by atoms with van der Waals surface area (Å²) in [7, 11) is 0. The van der Waals surface area contributed by atoms with E-state index in [4.69, 9.17) is 4.74 Å². The third-order valence-corrected chi connectivity index (χ3v) is 5.51. The second kappa shape index (κ2) is 7.55. The van der Waals surface area contributed by atoms with Crippen LogP contribution in [0.4, 0.5) is 5.69 Å². The number of hydrogen-bond donors (Lipinski definition) is 1. The molecule has 1 atom stereocenters. The van der Waals surface area contributed by atoms with Crippen molar-refractivity contribution in [2.24, 2.45) is 0 Å². The Bertz CT molecular complexity index is 832. The monoisotopic (exact) mass is 373 g/mol. The van der Waals surface area contributed by atoms with E-state index in [0.717, 1.165) is 30.7 Å². The van der Waals surface area contributed by atoms with E-state index in [1.54, 1.807) is 16.8 Å². The fraction of sp³-hybridized carbons (Fsp3) is 0.471. The maximum atomic E-state index is 12.5. The van der Waals surface area contributed by atoms with Crippen molar-refractivity contribution < 1.29 is 14.3 Å². The molecule has 8 nitrogen and oxygen atoms in total. The topological polar surface area (TPSA) is 99.0 Å². The minimum absolute atomic E-state index is 0.0152. The van der Waals surface area contributed by atoms with E-state index in [1.807, 2.05) is 6.07 Å². The Hall–Kier alpha value is -2.26. The highest BCUT2D eigenvalue weighted by Crippen LogP contribution is 2.25. The van der Waals surface area contributed by atoms with Gasteiger partial charge in [-0.1, -0.05) is 11.8 Å². The number of tetrazole rings is 1. The highest BCUT2D eigenvalue weighted by Gasteiger charge is 2.20. The molecule has 3 heterocycles. The van der Waals surface area contributed by atoms with Crippen LogP contribution >= 0.6 is 11.8 Å². The van der Waals surface area contributed by atoms with Crippen LogP contribution in [0.2, 0.25) is 0 Å². The number of nitrogens with zero attached hydrogens (tertiary/aromatic N) is 4. The minimum atomic E-state index is 0.0152. The highest BCUT2D eigenvalue weighted by atomic mass is 32.2. The molecule has 0 bridgehead atoms. The first kappa shape index (κ1) is 17.2. The molecule has 0 unspecified atom stereocenters. The molecule has 1 N–H and O–H groups in total. The molecule has 1 aromatic carbocycles. The van der Waals surface area contributed by atoms with Gasteiger partial charge in [0, 0.05) is 24.3 Å². The van der Waals surface area contributed by atoms with Gasteiger partial charge in [0.05, 0.1) is 18.4 Å². The van der Waals surface area contributed by atoms with Crippen molar-refractivity contribution in [2.75, 3.05) is 17.7 Å². The van der Waals surface area contributed by atoms with Crippen LogP contribution in [0, 0.1) is 0 Å². The number of carbonyl (C=O) groups excluding carboxylic acids is 2. The summed E-state index contributed by atoms with van der Waals surface area (Å²) in [6.45, 7) is 1.40. The number of carbonyl (C=O) groups is 2. The average Bonchev–Trinajstić information content (AvgIpc) is 3.31. The summed E-state index contributed by atoms with van der Waals surface area (Å²) < 4.78 is 7.32. The molecule has 4 rings (SSSR count). The predicted molar refractivity (Wildman–Crippen MR) is 95.2 cm³/mol. The maximum absolute atomic E-state index is 12.5. The van der Waals surface area contributed by atoms with Gasteiger partial charge in [-0.25, -0.2) is 4.68 Å². The van der Waals surface area contributed by atoms with Gasteiger partial charge in [0.2, 0.25) is 11.1 Å². The van der Waals surface area contributed by atoms with E-state index in [1.165, 1.54) is 11.8 Å². The number of hydrogen-bond acceptors (Lipinski definition) is 7. The fourth-order valence-corrected chi connectivity index (χ4v) is 3.95. The number of ether oxygens (including phenoxy) is 1. The maximum Gasteiger partial charge on any atom is 0.224 e. The average molecular weight is 373 g/mol. The second-order valence-electron chi connectivity index (χ2n) is 6.41. The Balaban J connectivity index is 1.38. The summed E-state index contributed by atoms with van der Waals surface area (Å²) >= 11 is 1.33. The number of anilines is 1. The standard InChI is InChI=1S/C17H19N5O3S/c23-15(12-3-5-14-11(8-12)4-6-16(24)18-14)10-26-17-19-20-21-22(17)9-13-2-1-7-25-13/h3,5,8,13H,1-2,4,6-7,9-10H2,(H,18,24)/t13-/m0/s1. The Morgan fingerprint density at radius 3 is 3.15 bits per heavy atom. The molecule has 9 heteroatoms. The SMILES string of the molecule is O=C1CCc2cc(C(=O)CSc3nnnn3C[C@@H]3CCCO3)ccc2N1. The van der Waals surface area contributed by atoms with Gasteiger partial charge in [0.15, 0.2) is 5.78 Å². The summed E-state index contributed by atoms with van der Waals surface area (Å²) in [6, 6.07) is 5.42. The number of amides is 1. The molecule has 1 saturated heterocycles. The first-order chi connectivity index (χ1) is 12.7. The number of aromatic nitrogens is 4. The molecule has 136 valence electrons. The quantitative estimate of drug-likeness (QED) is 0.608. The van der Waals surface area contributed by atoms with Crippen molar-refractivity contribution in [1.29, 1.82) is 0 Å². The Morgan fingerprint density at radius 1 is 1.38 bits per heavy atom. The third-order valence-electron chi connectivity index (χ3n) is 4.55. The molecular weight excluding hydrogens is 354 g/mol. The molecule has 1 fully saturated rings. The summed E-state index contributed by atoms with van der Waals surface area (Å²) in [5, 5.41) is 15.2. The summed E-state index contributed by atoms with van der Waals surface area (Å²) in [5.41, 5.74) is 2.44. The Kier molecular flexibility index (Phi) is 4.98. The molecule has 2 aromatic rings. The summed E-state index contributed by atoms with van der Waals surface area (Å²) in [5.74, 6) is 0.295. The second-order valence-corrected chi connectivity index (χ2v) is 7.35. The van der Waals surface area contributed by atoms with Gasteiger partial charge < -0.3 is 10.1 Å². The van der Waals surface area contributed by atoms with Gasteiger partial charge in [-0.15, -0.1) is 5.10 Å². The van der Waals surface area contributed by atoms with Crippen molar-refractivity contribution in [1.82, 2.24) is 20.2 Å². The van der Waals surface area contributed by atoms with Gasteiger partial charge >= 0.3 is 0 Å². The lowest BCUT2D eigenvalue weighted by atomic mass is 9.99. The van der Waals surface area contributed by atoms with Gasteiger partial charge in [-0.3, -0.25) is 9.59 Å². The molecule has 0 aliphatic carbocycles. The van der Waals surface area contributed by atoms with Crippen LogP contribution in [0.25, 0.3) is 0 Å². The number of aryl methyl sites for hydroxylation is 1. The molecule has 26 heavy (non-hydrogen) atoms. The first-order valence-corrected chi connectivity index (χ1v) is 9.64. The highest BCUT2D eigenvalue weighted by molar-refractivity contribution is 7.99. The van der Waals surface area contributed by atoms with E-state index < -0.39 is 0 Å². The normalized spacial score (nSPS) is 19.2. The van der Waals surface area contributed by atoms with Crippen molar-refractivity contribution in [2.45, 2.75) is 43.5 Å². The van der Waals surface area contributed by atoms with Crippen molar-refractivity contribution >= 4 is 29.1 Å².